The summed E-state index contributed by atoms with van der Waals surface area (Å²) in [5.41, 5.74) is 6.02. The van der Waals surface area contributed by atoms with E-state index in [1.54, 1.807) is 36.4 Å². The molecule has 2 amide bonds. The lowest BCUT2D eigenvalue weighted by atomic mass is 10.0. The topological polar surface area (TPSA) is 91.2 Å². The van der Waals surface area contributed by atoms with E-state index in [0.29, 0.717) is 11.3 Å². The molecule has 0 aromatic heterocycles. The van der Waals surface area contributed by atoms with E-state index in [9.17, 15) is 22.8 Å². The van der Waals surface area contributed by atoms with Crippen molar-refractivity contribution in [3.8, 4) is 22.9 Å². The van der Waals surface area contributed by atoms with Crippen LogP contribution in [0.15, 0.2) is 78.9 Å². The van der Waals surface area contributed by atoms with Gasteiger partial charge in [-0.3, -0.25) is 20.4 Å². The number of rotatable bonds is 6. The fourth-order valence-electron chi connectivity index (χ4n) is 2.83. The van der Waals surface area contributed by atoms with Crippen molar-refractivity contribution in [3.63, 3.8) is 0 Å². The highest BCUT2D eigenvalue weighted by molar-refractivity contribution is 5.93. The lowest BCUT2D eigenvalue weighted by molar-refractivity contribution is -0.137. The maximum atomic E-state index is 12.7. The molecule has 0 saturated carbocycles. The summed E-state index contributed by atoms with van der Waals surface area (Å²) in [7, 11) is 0. The monoisotopic (exact) mass is 465 g/mol. The molecule has 0 spiro atoms. The minimum absolute atomic E-state index is 0.184. The quantitative estimate of drug-likeness (QED) is 0.415. The number of carbonyl (C=O) groups excluding carboxylic acids is 2. The van der Waals surface area contributed by atoms with Gasteiger partial charge in [0, 0.05) is 6.08 Å². The molecule has 0 radical (unpaired) electrons. The van der Waals surface area contributed by atoms with Crippen LogP contribution in [0, 0.1) is 11.3 Å². The van der Waals surface area contributed by atoms with Gasteiger partial charge in [-0.25, -0.2) is 0 Å². The van der Waals surface area contributed by atoms with E-state index in [4.69, 9.17) is 10.00 Å². The molecule has 0 saturated heterocycles. The van der Waals surface area contributed by atoms with Crippen LogP contribution in [-0.4, -0.2) is 18.4 Å². The Balaban J connectivity index is 1.45. The number of amides is 2. The number of hydrogen-bond acceptors (Lipinski definition) is 4. The van der Waals surface area contributed by atoms with Gasteiger partial charge in [0.1, 0.15) is 5.75 Å². The van der Waals surface area contributed by atoms with Gasteiger partial charge >= 0.3 is 6.18 Å². The molecule has 34 heavy (non-hydrogen) atoms. The van der Waals surface area contributed by atoms with Crippen LogP contribution in [0.25, 0.3) is 17.2 Å². The number of hydrazine groups is 1. The fourth-order valence-corrected chi connectivity index (χ4v) is 2.83. The van der Waals surface area contributed by atoms with E-state index in [-0.39, 0.29) is 12.2 Å². The van der Waals surface area contributed by atoms with Crippen molar-refractivity contribution in [3.05, 3.63) is 95.6 Å². The maximum Gasteiger partial charge on any atom is 0.416 e. The Morgan fingerprint density at radius 2 is 1.59 bits per heavy atom. The minimum atomic E-state index is -4.48. The zero-order valence-electron chi connectivity index (χ0n) is 17.6. The van der Waals surface area contributed by atoms with E-state index >= 15 is 0 Å². The van der Waals surface area contributed by atoms with Crippen molar-refractivity contribution in [2.24, 2.45) is 0 Å². The third kappa shape index (κ3) is 6.97. The summed E-state index contributed by atoms with van der Waals surface area (Å²) >= 11 is 0. The van der Waals surface area contributed by atoms with Gasteiger partial charge in [-0.1, -0.05) is 36.4 Å². The Kier molecular flexibility index (Phi) is 7.67. The number of nitrogens with one attached hydrogen (secondary N) is 2. The smallest absolute Gasteiger partial charge is 0.416 e. The first-order chi connectivity index (χ1) is 16.2. The van der Waals surface area contributed by atoms with Crippen LogP contribution >= 0.6 is 0 Å². The van der Waals surface area contributed by atoms with E-state index in [1.807, 2.05) is 12.1 Å². The molecule has 0 aliphatic carbocycles. The molecule has 3 aromatic carbocycles. The Labute approximate surface area is 193 Å². The summed E-state index contributed by atoms with van der Waals surface area (Å²) in [6.07, 6.45) is -2.29. The normalized spacial score (nSPS) is 11.0. The third-order valence-electron chi connectivity index (χ3n) is 4.54. The predicted molar refractivity (Wildman–Crippen MR) is 119 cm³/mol. The Morgan fingerprint density at radius 1 is 0.941 bits per heavy atom. The summed E-state index contributed by atoms with van der Waals surface area (Å²) in [5, 5.41) is 8.86. The number of benzene rings is 3. The van der Waals surface area contributed by atoms with Gasteiger partial charge in [0.25, 0.3) is 11.8 Å². The lowest BCUT2D eigenvalue weighted by Crippen LogP contribution is -2.43. The van der Waals surface area contributed by atoms with Gasteiger partial charge in [0.2, 0.25) is 0 Å². The predicted octanol–water partition coefficient (Wildman–Crippen LogP) is 4.48. The first kappa shape index (κ1) is 24.1. The highest BCUT2D eigenvalue weighted by Crippen LogP contribution is 2.29. The average molecular weight is 465 g/mol. The number of carbonyl (C=O) groups is 2. The van der Waals surface area contributed by atoms with Crippen molar-refractivity contribution in [2.75, 3.05) is 6.61 Å². The molecule has 172 valence electrons. The summed E-state index contributed by atoms with van der Waals surface area (Å²) < 4.78 is 43.5. The van der Waals surface area contributed by atoms with Gasteiger partial charge in [0.15, 0.2) is 6.61 Å². The summed E-state index contributed by atoms with van der Waals surface area (Å²) in [4.78, 5) is 23.7. The molecular weight excluding hydrogens is 447 g/mol. The molecule has 0 fully saturated rings. The van der Waals surface area contributed by atoms with Crippen LogP contribution in [0.4, 0.5) is 13.2 Å². The number of halogens is 3. The summed E-state index contributed by atoms with van der Waals surface area (Å²) in [5.74, 6) is -0.919. The van der Waals surface area contributed by atoms with Crippen LogP contribution in [-0.2, 0) is 15.8 Å². The van der Waals surface area contributed by atoms with Gasteiger partial charge in [-0.05, 0) is 59.2 Å². The van der Waals surface area contributed by atoms with E-state index in [2.05, 4.69) is 16.9 Å². The van der Waals surface area contributed by atoms with Crippen LogP contribution in [0.3, 0.4) is 0 Å². The summed E-state index contributed by atoms with van der Waals surface area (Å²) in [6.45, 7) is -0.367. The molecule has 3 aromatic rings. The van der Waals surface area contributed by atoms with Crippen molar-refractivity contribution in [2.45, 2.75) is 6.18 Å². The molecule has 0 heterocycles. The molecule has 6 nitrogen and oxygen atoms in total. The van der Waals surface area contributed by atoms with Crippen molar-refractivity contribution in [1.82, 2.24) is 10.9 Å². The van der Waals surface area contributed by atoms with Gasteiger partial charge < -0.3 is 4.74 Å². The number of alkyl halides is 3. The van der Waals surface area contributed by atoms with Gasteiger partial charge in [-0.15, -0.1) is 0 Å². The van der Waals surface area contributed by atoms with E-state index in [0.717, 1.165) is 29.3 Å². The number of ether oxygens (including phenoxy) is 1. The number of nitriles is 1. The highest BCUT2D eigenvalue weighted by Gasteiger charge is 2.30. The number of nitrogens with zero attached hydrogens (tertiary/aromatic N) is 1. The first-order valence-electron chi connectivity index (χ1n) is 9.92. The third-order valence-corrected chi connectivity index (χ3v) is 4.54. The van der Waals surface area contributed by atoms with Crippen molar-refractivity contribution < 1.29 is 27.5 Å². The Hall–Kier alpha value is -4.58. The molecule has 0 atom stereocenters. The van der Waals surface area contributed by atoms with Gasteiger partial charge in [0.05, 0.1) is 17.2 Å². The maximum absolute atomic E-state index is 12.7. The van der Waals surface area contributed by atoms with Crippen LogP contribution in [0.5, 0.6) is 5.75 Å². The zero-order valence-corrected chi connectivity index (χ0v) is 17.6. The van der Waals surface area contributed by atoms with Crippen LogP contribution in [0.1, 0.15) is 16.7 Å². The Morgan fingerprint density at radius 3 is 2.21 bits per heavy atom. The standard InChI is InChI=1S/C25H18F3N3O3/c26-25(27,28)21-3-1-2-17(14-21)6-13-23(32)30-31-24(33)16-34-22-11-9-20(10-12-22)19-7-4-18(15-29)5-8-19/h1-14H,16H2,(H,30,32)(H,31,33). The highest BCUT2D eigenvalue weighted by atomic mass is 19.4. The van der Waals surface area contributed by atoms with E-state index < -0.39 is 23.6 Å². The second-order valence-corrected chi connectivity index (χ2v) is 7.00. The summed E-state index contributed by atoms with van der Waals surface area (Å²) in [6, 6.07) is 20.6. The molecule has 0 aliphatic heterocycles. The molecule has 2 N–H and O–H groups in total. The van der Waals surface area contributed by atoms with Crippen molar-refractivity contribution >= 4 is 17.9 Å². The Bertz CT molecular complexity index is 1230. The zero-order chi connectivity index (χ0) is 24.6. The van der Waals surface area contributed by atoms with Gasteiger partial charge in [-0.2, -0.15) is 18.4 Å². The fraction of sp³-hybridized carbons (Fsp3) is 0.0800. The molecule has 3 rings (SSSR count). The second-order valence-electron chi connectivity index (χ2n) is 7.00. The largest absolute Gasteiger partial charge is 0.484 e. The average Bonchev–Trinajstić information content (AvgIpc) is 2.85. The van der Waals surface area contributed by atoms with Crippen LogP contribution < -0.4 is 15.6 Å². The number of hydrogen-bond donors (Lipinski definition) is 2. The first-order valence-corrected chi connectivity index (χ1v) is 9.92. The lowest BCUT2D eigenvalue weighted by Gasteiger charge is -2.09. The van der Waals surface area contributed by atoms with Crippen molar-refractivity contribution in [1.29, 1.82) is 5.26 Å². The SMILES string of the molecule is N#Cc1ccc(-c2ccc(OCC(=O)NNC(=O)C=Cc3cccc(C(F)(F)F)c3)cc2)cc1. The molecule has 0 unspecified atom stereocenters. The van der Waals surface area contributed by atoms with E-state index in [1.165, 1.54) is 18.2 Å². The van der Waals surface area contributed by atoms with Crippen LogP contribution in [0.2, 0.25) is 0 Å². The molecule has 0 aliphatic rings. The minimum Gasteiger partial charge on any atom is -0.484 e. The second kappa shape index (κ2) is 10.8. The molecule has 9 heteroatoms. The molecule has 0 bridgehead atoms. The molecular formula is C25H18F3N3O3.